The van der Waals surface area contributed by atoms with Crippen LogP contribution in [-0.4, -0.2) is 73.0 Å². The topological polar surface area (TPSA) is 128 Å². The number of carboxylic acid groups (broad SMARTS) is 1. The van der Waals surface area contributed by atoms with Crippen LogP contribution in [0, 0.1) is 0 Å². The van der Waals surface area contributed by atoms with E-state index < -0.39 is 0 Å². The highest BCUT2D eigenvalue weighted by atomic mass is 16.5. The third-order valence-electron chi connectivity index (χ3n) is 5.79. The molecule has 2 aliphatic rings. The van der Waals surface area contributed by atoms with Crippen molar-refractivity contribution in [1.82, 2.24) is 10.2 Å². The zero-order valence-electron chi connectivity index (χ0n) is 20.8. The molecule has 0 bridgehead atoms. The lowest BCUT2D eigenvalue weighted by molar-refractivity contribution is -0.126. The highest BCUT2D eigenvalue weighted by Crippen LogP contribution is 2.21. The summed E-state index contributed by atoms with van der Waals surface area (Å²) in [4.78, 5) is 49.0. The summed E-state index contributed by atoms with van der Waals surface area (Å²) in [5, 5.41) is 12.6. The molecule has 0 atom stereocenters. The van der Waals surface area contributed by atoms with Crippen molar-refractivity contribution in [1.29, 1.82) is 0 Å². The summed E-state index contributed by atoms with van der Waals surface area (Å²) in [7, 11) is 0. The minimum absolute atomic E-state index is 0.142. The molecule has 37 heavy (non-hydrogen) atoms. The van der Waals surface area contributed by atoms with Crippen LogP contribution in [-0.2, 0) is 14.4 Å². The number of carbonyl (C=O) groups excluding carboxylic acids is 3. The lowest BCUT2D eigenvalue weighted by Crippen LogP contribution is -2.48. The van der Waals surface area contributed by atoms with Gasteiger partial charge in [0, 0.05) is 61.3 Å². The molecule has 2 fully saturated rings. The first-order chi connectivity index (χ1) is 17.9. The van der Waals surface area contributed by atoms with Crippen LogP contribution < -0.4 is 20.3 Å². The molecule has 196 valence electrons. The average Bonchev–Trinajstić information content (AvgIpc) is 3.73. The molecule has 1 saturated heterocycles. The second kappa shape index (κ2) is 13.7. The molecule has 1 heterocycles. The number of benzene rings is 2. The fourth-order valence-corrected chi connectivity index (χ4v) is 3.77. The number of anilines is 2. The van der Waals surface area contributed by atoms with E-state index in [1.807, 2.05) is 37.3 Å². The lowest BCUT2D eigenvalue weighted by Gasteiger charge is -2.35. The van der Waals surface area contributed by atoms with Crippen molar-refractivity contribution in [2.45, 2.75) is 25.8 Å². The summed E-state index contributed by atoms with van der Waals surface area (Å²) in [6, 6.07) is 15.1. The van der Waals surface area contributed by atoms with Crippen molar-refractivity contribution >= 4 is 35.6 Å². The SMILES string of the molecule is CCOc1cccc(C(=O)Nc2ccc(N3CCN(C(=O)/C=C\C(=O)NC4CC4)CC3)cc2)c1.O=CO. The summed E-state index contributed by atoms with van der Waals surface area (Å²) in [5.74, 6) is 0.126. The molecule has 0 unspecified atom stereocenters. The molecule has 3 amide bonds. The van der Waals surface area contributed by atoms with Gasteiger partial charge in [-0.05, 0) is 62.2 Å². The third-order valence-corrected chi connectivity index (χ3v) is 5.79. The first-order valence-electron chi connectivity index (χ1n) is 12.2. The Hall–Kier alpha value is -4.34. The molecular weight excluding hydrogens is 476 g/mol. The van der Waals surface area contributed by atoms with Gasteiger partial charge in [0.2, 0.25) is 11.8 Å². The second-order valence-electron chi connectivity index (χ2n) is 8.50. The highest BCUT2D eigenvalue weighted by molar-refractivity contribution is 6.04. The molecule has 4 rings (SSSR count). The van der Waals surface area contributed by atoms with Gasteiger partial charge in [0.1, 0.15) is 5.75 Å². The number of nitrogens with one attached hydrogen (secondary N) is 2. The Morgan fingerprint density at radius 3 is 2.32 bits per heavy atom. The summed E-state index contributed by atoms with van der Waals surface area (Å²) in [6.45, 7) is 4.76. The van der Waals surface area contributed by atoms with E-state index in [4.69, 9.17) is 14.6 Å². The number of carbonyl (C=O) groups is 4. The van der Waals surface area contributed by atoms with Gasteiger partial charge in [-0.1, -0.05) is 6.07 Å². The summed E-state index contributed by atoms with van der Waals surface area (Å²) in [6.07, 6.45) is 4.72. The molecule has 0 radical (unpaired) electrons. The molecule has 2 aromatic rings. The number of piperazine rings is 1. The van der Waals surface area contributed by atoms with E-state index in [1.165, 1.54) is 12.2 Å². The zero-order chi connectivity index (χ0) is 26.6. The number of hydrogen-bond acceptors (Lipinski definition) is 6. The fourth-order valence-electron chi connectivity index (χ4n) is 3.77. The van der Waals surface area contributed by atoms with Gasteiger partial charge in [0.25, 0.3) is 12.4 Å². The molecular formula is C27H32N4O6. The van der Waals surface area contributed by atoms with Crippen LogP contribution in [0.5, 0.6) is 5.75 Å². The molecule has 1 aliphatic heterocycles. The number of ether oxygens (including phenoxy) is 1. The maximum absolute atomic E-state index is 12.6. The molecule has 3 N–H and O–H groups in total. The molecule has 0 spiro atoms. The normalized spacial score (nSPS) is 14.8. The molecule has 2 aromatic carbocycles. The van der Waals surface area contributed by atoms with Crippen LogP contribution in [0.1, 0.15) is 30.1 Å². The van der Waals surface area contributed by atoms with E-state index in [0.717, 1.165) is 18.5 Å². The molecule has 1 aliphatic carbocycles. The molecule has 1 saturated carbocycles. The first-order valence-corrected chi connectivity index (χ1v) is 12.2. The summed E-state index contributed by atoms with van der Waals surface area (Å²) >= 11 is 0. The highest BCUT2D eigenvalue weighted by Gasteiger charge is 2.23. The van der Waals surface area contributed by atoms with E-state index in [2.05, 4.69) is 15.5 Å². The fraction of sp³-hybridized carbons (Fsp3) is 0.333. The van der Waals surface area contributed by atoms with Gasteiger partial charge >= 0.3 is 0 Å². The van der Waals surface area contributed by atoms with Crippen molar-refractivity contribution in [3.8, 4) is 5.75 Å². The summed E-state index contributed by atoms with van der Waals surface area (Å²) in [5.41, 5.74) is 2.27. The molecule has 0 aromatic heterocycles. The van der Waals surface area contributed by atoms with Gasteiger partial charge in [0.05, 0.1) is 6.61 Å². The van der Waals surface area contributed by atoms with Crippen molar-refractivity contribution in [3.05, 3.63) is 66.2 Å². The molecule has 10 nitrogen and oxygen atoms in total. The zero-order valence-corrected chi connectivity index (χ0v) is 20.8. The van der Waals surface area contributed by atoms with Crippen LogP contribution >= 0.6 is 0 Å². The predicted molar refractivity (Wildman–Crippen MR) is 140 cm³/mol. The van der Waals surface area contributed by atoms with Crippen molar-refractivity contribution in [2.24, 2.45) is 0 Å². The number of hydrogen-bond donors (Lipinski definition) is 3. The minimum atomic E-state index is -0.250. The van der Waals surface area contributed by atoms with E-state index >= 15 is 0 Å². The maximum Gasteiger partial charge on any atom is 0.290 e. The maximum atomic E-state index is 12.6. The van der Waals surface area contributed by atoms with Gasteiger partial charge in [-0.3, -0.25) is 19.2 Å². The predicted octanol–water partition coefficient (Wildman–Crippen LogP) is 2.52. The Morgan fingerprint density at radius 1 is 1.03 bits per heavy atom. The average molecular weight is 509 g/mol. The van der Waals surface area contributed by atoms with E-state index in [1.54, 1.807) is 23.1 Å². The number of nitrogens with zero attached hydrogens (tertiary/aromatic N) is 2. The Kier molecular flexibility index (Phi) is 10.1. The monoisotopic (exact) mass is 508 g/mol. The summed E-state index contributed by atoms with van der Waals surface area (Å²) < 4.78 is 5.46. The van der Waals surface area contributed by atoms with Gasteiger partial charge in [0.15, 0.2) is 0 Å². The number of amides is 3. The lowest BCUT2D eigenvalue weighted by atomic mass is 10.2. The van der Waals surface area contributed by atoms with Crippen LogP contribution in [0.4, 0.5) is 11.4 Å². The van der Waals surface area contributed by atoms with Gasteiger partial charge in [-0.15, -0.1) is 0 Å². The van der Waals surface area contributed by atoms with E-state index in [9.17, 15) is 14.4 Å². The van der Waals surface area contributed by atoms with Crippen LogP contribution in [0.25, 0.3) is 0 Å². The van der Waals surface area contributed by atoms with E-state index in [0.29, 0.717) is 49.8 Å². The Bertz CT molecular complexity index is 1110. The smallest absolute Gasteiger partial charge is 0.290 e. The van der Waals surface area contributed by atoms with E-state index in [-0.39, 0.29) is 30.2 Å². The minimum Gasteiger partial charge on any atom is -0.494 e. The first kappa shape index (κ1) is 27.3. The van der Waals surface area contributed by atoms with Gasteiger partial charge in [-0.25, -0.2) is 0 Å². The van der Waals surface area contributed by atoms with Crippen molar-refractivity contribution in [2.75, 3.05) is 43.0 Å². The Balaban J connectivity index is 0.00000121. The quantitative estimate of drug-likeness (QED) is 0.369. The van der Waals surface area contributed by atoms with Crippen LogP contribution in [0.3, 0.4) is 0 Å². The number of rotatable bonds is 8. The van der Waals surface area contributed by atoms with Crippen molar-refractivity contribution < 1.29 is 29.0 Å². The molecule has 10 heteroatoms. The standard InChI is InChI=1S/C26H30N4O4.CH2O2/c1-2-34-23-5-3-4-19(18-23)26(33)28-21-8-10-22(11-9-21)29-14-16-30(17-15-29)25(32)13-12-24(31)27-20-6-7-20;2-1-3/h3-5,8-13,18,20H,2,6-7,14-17H2,1H3,(H,27,31)(H,28,33);1H,(H,2,3)/b13-12-;. The second-order valence-corrected chi connectivity index (χ2v) is 8.50. The largest absolute Gasteiger partial charge is 0.494 e. The van der Waals surface area contributed by atoms with Crippen LogP contribution in [0.15, 0.2) is 60.7 Å². The van der Waals surface area contributed by atoms with Crippen LogP contribution in [0.2, 0.25) is 0 Å². The van der Waals surface area contributed by atoms with Gasteiger partial charge < -0.3 is 30.3 Å². The van der Waals surface area contributed by atoms with Gasteiger partial charge in [-0.2, -0.15) is 0 Å². The van der Waals surface area contributed by atoms with Crippen molar-refractivity contribution in [3.63, 3.8) is 0 Å². The Morgan fingerprint density at radius 2 is 1.70 bits per heavy atom. The Labute approximate surface area is 215 Å². The third kappa shape index (κ3) is 8.68.